The zero-order valence-corrected chi connectivity index (χ0v) is 35.4. The van der Waals surface area contributed by atoms with Gasteiger partial charge in [-0.3, -0.25) is 0 Å². The van der Waals surface area contributed by atoms with Gasteiger partial charge in [-0.05, 0) is 96.9 Å². The Kier molecular flexibility index (Phi) is 14.6. The van der Waals surface area contributed by atoms with Crippen molar-refractivity contribution in [1.82, 2.24) is 0 Å². The highest BCUT2D eigenvalue weighted by atomic mass is 16.7. The average molecular weight is 815 g/mol. The standard InChI is InChI=1S/C43H74O14/c1-9-22(20(2)3)11-10-21(4)31-27(17-25-30-24(13-15-43(25,31)6)42(5)14-12-23(44)16-26(42)32(45)35(30)48)54-41-38(51)39(34(47)29(56-41)19-53-8)57-40-37(50)36(49)33(46)28(55-40)18-52-7/h20-24,26-29,31-41,44-51H,9-19H2,1-8H3/t21-,22-,23-,24+,26-,27-,28-,29-,31+,32+,33+,34+,35-,36+,37-,38-,39+,40+,41-,42-,43+/m1/s1. The predicted octanol–water partition coefficient (Wildman–Crippen LogP) is 2.04. The minimum Gasteiger partial charge on any atom is -0.393 e. The number of fused-ring (bicyclic) bond motifs is 4. The van der Waals surface area contributed by atoms with Gasteiger partial charge in [-0.1, -0.05) is 60.0 Å². The molecule has 0 amide bonds. The summed E-state index contributed by atoms with van der Waals surface area (Å²) in [7, 11) is 2.86. The lowest BCUT2D eigenvalue weighted by Crippen LogP contribution is -2.65. The molecule has 6 aliphatic rings. The van der Waals surface area contributed by atoms with Crippen molar-refractivity contribution in [3.63, 3.8) is 0 Å². The first-order valence-electron chi connectivity index (χ1n) is 21.7. The molecule has 57 heavy (non-hydrogen) atoms. The molecule has 6 rings (SSSR count). The van der Waals surface area contributed by atoms with Crippen LogP contribution < -0.4 is 0 Å². The first-order chi connectivity index (χ1) is 26.9. The Morgan fingerprint density at radius 2 is 1.37 bits per heavy atom. The second-order valence-electron chi connectivity index (χ2n) is 19.3. The summed E-state index contributed by atoms with van der Waals surface area (Å²) in [5.41, 5.74) is 1.36. The Hall–Kier alpha value is -0.820. The molecule has 0 bridgehead atoms. The van der Waals surface area contributed by atoms with Crippen LogP contribution in [-0.4, -0.2) is 154 Å². The van der Waals surface area contributed by atoms with Crippen molar-refractivity contribution in [3.05, 3.63) is 11.1 Å². The van der Waals surface area contributed by atoms with Gasteiger partial charge in [-0.15, -0.1) is 0 Å². The van der Waals surface area contributed by atoms with Gasteiger partial charge in [-0.2, -0.15) is 0 Å². The highest BCUT2D eigenvalue weighted by Gasteiger charge is 2.63. The number of methoxy groups -OCH3 is 2. The summed E-state index contributed by atoms with van der Waals surface area (Å²) in [4.78, 5) is 0. The summed E-state index contributed by atoms with van der Waals surface area (Å²) in [5.74, 6) is 1.05. The molecule has 0 spiro atoms. The fourth-order valence-corrected chi connectivity index (χ4v) is 12.5. The molecule has 14 heteroatoms. The first-order valence-corrected chi connectivity index (χ1v) is 21.7. The van der Waals surface area contributed by atoms with Crippen LogP contribution in [-0.2, 0) is 28.4 Å². The number of ether oxygens (including phenoxy) is 6. The molecule has 0 aromatic carbocycles. The van der Waals surface area contributed by atoms with E-state index in [0.717, 1.165) is 49.7 Å². The molecule has 21 atom stereocenters. The maximum absolute atomic E-state index is 12.0. The summed E-state index contributed by atoms with van der Waals surface area (Å²) in [5, 5.41) is 89.8. The molecule has 4 aliphatic carbocycles. The van der Waals surface area contributed by atoms with Crippen LogP contribution in [0.2, 0.25) is 0 Å². The fourth-order valence-electron chi connectivity index (χ4n) is 12.5. The molecule has 0 aromatic heterocycles. The minimum atomic E-state index is -1.70. The monoisotopic (exact) mass is 815 g/mol. The van der Waals surface area contributed by atoms with Crippen LogP contribution in [0.5, 0.6) is 0 Å². The van der Waals surface area contributed by atoms with E-state index < -0.39 is 85.8 Å². The van der Waals surface area contributed by atoms with Crippen LogP contribution in [0.25, 0.3) is 0 Å². The summed E-state index contributed by atoms with van der Waals surface area (Å²) in [6.45, 7) is 13.4. The van der Waals surface area contributed by atoms with Crippen molar-refractivity contribution in [2.75, 3.05) is 27.4 Å². The molecule has 5 fully saturated rings. The van der Waals surface area contributed by atoms with Crippen molar-refractivity contribution in [2.45, 2.75) is 185 Å². The van der Waals surface area contributed by atoms with E-state index in [0.29, 0.717) is 31.1 Å². The van der Waals surface area contributed by atoms with Crippen molar-refractivity contribution in [3.8, 4) is 0 Å². The number of hydrogen-bond donors (Lipinski definition) is 8. The molecule has 2 saturated heterocycles. The molecular formula is C43H74O14. The second-order valence-corrected chi connectivity index (χ2v) is 19.3. The highest BCUT2D eigenvalue weighted by Crippen LogP contribution is 2.66. The van der Waals surface area contributed by atoms with E-state index >= 15 is 0 Å². The maximum atomic E-state index is 12.0. The van der Waals surface area contributed by atoms with E-state index in [2.05, 4.69) is 41.5 Å². The van der Waals surface area contributed by atoms with E-state index in [1.165, 1.54) is 14.2 Å². The Labute approximate surface area is 338 Å². The minimum absolute atomic E-state index is 0.0462. The Bertz CT molecular complexity index is 1360. The third-order valence-corrected chi connectivity index (χ3v) is 15.8. The van der Waals surface area contributed by atoms with E-state index in [-0.39, 0.29) is 47.7 Å². The van der Waals surface area contributed by atoms with Gasteiger partial charge < -0.3 is 69.3 Å². The van der Waals surface area contributed by atoms with Gasteiger partial charge >= 0.3 is 0 Å². The van der Waals surface area contributed by atoms with Crippen LogP contribution in [0.4, 0.5) is 0 Å². The lowest BCUT2D eigenvalue weighted by molar-refractivity contribution is -0.365. The second kappa shape index (κ2) is 18.3. The normalized spacial score (nSPS) is 48.7. The van der Waals surface area contributed by atoms with E-state index in [1.807, 2.05) is 0 Å². The van der Waals surface area contributed by atoms with E-state index in [9.17, 15) is 40.9 Å². The summed E-state index contributed by atoms with van der Waals surface area (Å²) >= 11 is 0. The highest BCUT2D eigenvalue weighted by molar-refractivity contribution is 5.39. The van der Waals surface area contributed by atoms with Gasteiger partial charge in [0.05, 0.1) is 31.5 Å². The molecular weight excluding hydrogens is 740 g/mol. The molecule has 0 unspecified atom stereocenters. The van der Waals surface area contributed by atoms with Crippen LogP contribution in [0.3, 0.4) is 0 Å². The quantitative estimate of drug-likeness (QED) is 0.118. The predicted molar refractivity (Wildman–Crippen MR) is 207 cm³/mol. The topological polar surface area (TPSA) is 217 Å². The zero-order valence-electron chi connectivity index (χ0n) is 35.4. The van der Waals surface area contributed by atoms with Gasteiger partial charge in [0.2, 0.25) is 0 Å². The van der Waals surface area contributed by atoms with Crippen molar-refractivity contribution < 1.29 is 69.3 Å². The fraction of sp³-hybridized carbons (Fsp3) is 0.953. The van der Waals surface area contributed by atoms with E-state index in [4.69, 9.17) is 28.4 Å². The Balaban J connectivity index is 1.34. The lowest BCUT2D eigenvalue weighted by atomic mass is 9.47. The van der Waals surface area contributed by atoms with Crippen molar-refractivity contribution in [1.29, 1.82) is 0 Å². The zero-order chi connectivity index (χ0) is 41.7. The molecule has 330 valence electrons. The number of hydrogen-bond acceptors (Lipinski definition) is 14. The van der Waals surface area contributed by atoms with Crippen molar-refractivity contribution >= 4 is 0 Å². The number of rotatable bonds is 14. The summed E-state index contributed by atoms with van der Waals surface area (Å²) in [6, 6.07) is 0. The smallest absolute Gasteiger partial charge is 0.187 e. The largest absolute Gasteiger partial charge is 0.393 e. The van der Waals surface area contributed by atoms with Gasteiger partial charge in [-0.25, -0.2) is 0 Å². The van der Waals surface area contributed by atoms with Crippen LogP contribution in [0.15, 0.2) is 11.1 Å². The Morgan fingerprint density at radius 1 is 0.737 bits per heavy atom. The van der Waals surface area contributed by atoms with Gasteiger partial charge in [0.1, 0.15) is 54.9 Å². The Morgan fingerprint density at radius 3 is 1.98 bits per heavy atom. The molecule has 8 N–H and O–H groups in total. The number of aliphatic hydroxyl groups excluding tert-OH is 8. The van der Waals surface area contributed by atoms with Gasteiger partial charge in [0.25, 0.3) is 0 Å². The molecule has 0 aromatic rings. The van der Waals surface area contributed by atoms with Crippen LogP contribution in [0.1, 0.15) is 99.3 Å². The van der Waals surface area contributed by atoms with E-state index in [1.54, 1.807) is 0 Å². The lowest BCUT2D eigenvalue weighted by Gasteiger charge is -2.59. The van der Waals surface area contributed by atoms with Crippen LogP contribution >= 0.6 is 0 Å². The summed E-state index contributed by atoms with van der Waals surface area (Å²) in [6.07, 6.45) is -10.1. The van der Waals surface area contributed by atoms with Crippen LogP contribution in [0, 0.1) is 46.3 Å². The first kappa shape index (κ1) is 45.7. The summed E-state index contributed by atoms with van der Waals surface area (Å²) < 4.78 is 35.7. The molecule has 2 aliphatic heterocycles. The molecule has 0 radical (unpaired) electrons. The average Bonchev–Trinajstić information content (AvgIpc) is 3.47. The van der Waals surface area contributed by atoms with Gasteiger partial charge in [0, 0.05) is 14.2 Å². The molecule has 3 saturated carbocycles. The third kappa shape index (κ3) is 8.41. The molecule has 2 heterocycles. The van der Waals surface area contributed by atoms with Crippen molar-refractivity contribution in [2.24, 2.45) is 46.3 Å². The van der Waals surface area contributed by atoms with Gasteiger partial charge in [0.15, 0.2) is 12.6 Å². The molecule has 14 nitrogen and oxygen atoms in total. The maximum Gasteiger partial charge on any atom is 0.187 e. The number of aliphatic hydroxyl groups is 8. The SMILES string of the molecule is CC[C@H](CC[C@@H](C)[C@H]1[C@H](O[C@@H]2O[C@H](COC)[C@H](O)[C@H](O[C@@H]3O[C@H](COC)[C@H](O)[C@H](O)[C@H]3O)[C@H]2O)CC2=C3[C@@H](O)[C@@H](O)[C@H]4C[C@H](O)CC[C@]4(C)[C@H]3CC[C@@]21C)C(C)C. The third-order valence-electron chi connectivity index (χ3n) is 15.8.